The average molecular weight is 1460 g/mol. The molecule has 0 heterocycles. The topological polar surface area (TPSA) is 552 Å². The minimum absolute atomic E-state index is 0.0740. The average Bonchev–Trinajstić information content (AvgIpc) is 0.808. The van der Waals surface area contributed by atoms with Crippen molar-refractivity contribution in [3.63, 3.8) is 0 Å². The van der Waals surface area contributed by atoms with E-state index in [1.54, 1.807) is 24.3 Å². The molecular formula is C70H98FN15O18. The van der Waals surface area contributed by atoms with Gasteiger partial charge in [0, 0.05) is 19.3 Å². The maximum absolute atomic E-state index is 15.4. The molecule has 33 nitrogen and oxygen atoms in total. The number of rotatable bonds is 42. The second kappa shape index (κ2) is 40.8. The molecule has 10 atom stereocenters. The van der Waals surface area contributed by atoms with E-state index in [2.05, 4.69) is 58.4 Å². The van der Waals surface area contributed by atoms with Crippen molar-refractivity contribution in [1.82, 2.24) is 53.3 Å². The van der Waals surface area contributed by atoms with Crippen LogP contribution in [0.1, 0.15) is 113 Å². The molecule has 10 amide bonds. The molecule has 0 saturated heterocycles. The molecule has 0 radical (unpaired) electrons. The number of benzene rings is 4. The highest BCUT2D eigenvalue weighted by Crippen LogP contribution is 2.29. The van der Waals surface area contributed by atoms with Crippen LogP contribution in [0.3, 0.4) is 0 Å². The van der Waals surface area contributed by atoms with Gasteiger partial charge in [-0.25, -0.2) is 10.2 Å². The number of ether oxygens (including phenoxy) is 1. The highest BCUT2D eigenvalue weighted by molar-refractivity contribution is 6.04. The molecule has 104 heavy (non-hydrogen) atoms. The van der Waals surface area contributed by atoms with Crippen LogP contribution in [-0.4, -0.2) is 189 Å². The smallest absolute Gasteiger partial charge is 0.318 e. The monoisotopic (exact) mass is 1460 g/mol. The third-order valence-electron chi connectivity index (χ3n) is 16.8. The van der Waals surface area contributed by atoms with Crippen molar-refractivity contribution in [3.05, 3.63) is 124 Å². The number of carbonyl (C=O) groups excluding carboxylic acids is 10. The number of primary amides is 1. The lowest BCUT2D eigenvalue weighted by molar-refractivity contribution is -0.154. The van der Waals surface area contributed by atoms with E-state index in [-0.39, 0.29) is 24.2 Å². The van der Waals surface area contributed by atoms with Gasteiger partial charge in [-0.15, -0.1) is 0 Å². The first-order chi connectivity index (χ1) is 49.0. The number of carboxylic acids is 2. The molecule has 4 aromatic rings. The maximum atomic E-state index is 15.4. The summed E-state index contributed by atoms with van der Waals surface area (Å²) in [5.74, 6) is -5.03. The molecule has 0 aliphatic carbocycles. The zero-order valence-corrected chi connectivity index (χ0v) is 59.4. The lowest BCUT2D eigenvalue weighted by atomic mass is 9.90. The van der Waals surface area contributed by atoms with Gasteiger partial charge >= 0.3 is 11.9 Å². The number of amides is 10. The number of aliphatic hydroxyl groups is 3. The van der Waals surface area contributed by atoms with Crippen LogP contribution in [0, 0.1) is 25.1 Å². The van der Waals surface area contributed by atoms with E-state index in [1.807, 2.05) is 57.2 Å². The van der Waals surface area contributed by atoms with Gasteiger partial charge in [-0.1, -0.05) is 84.8 Å². The molecule has 568 valence electrons. The fourth-order valence-corrected chi connectivity index (χ4v) is 10.8. The minimum Gasteiger partial charge on any atom is -0.494 e. The van der Waals surface area contributed by atoms with Crippen molar-refractivity contribution < 1.29 is 92.2 Å². The largest absolute Gasteiger partial charge is 0.494 e. The zero-order valence-electron chi connectivity index (χ0n) is 59.4. The Hall–Kier alpha value is -10.7. The quantitative estimate of drug-likeness (QED) is 0.00566. The number of carboxylic acid groups (broad SMARTS) is 2. The van der Waals surface area contributed by atoms with Gasteiger partial charge in [0.25, 0.3) is 0 Å². The number of aliphatic hydroxyl groups excluding tert-OH is 3. The van der Waals surface area contributed by atoms with Crippen LogP contribution >= 0.6 is 0 Å². The van der Waals surface area contributed by atoms with Crippen molar-refractivity contribution in [3.8, 4) is 16.9 Å². The minimum atomic E-state index is -2.41. The summed E-state index contributed by atoms with van der Waals surface area (Å²) < 4.78 is 21.4. The number of aliphatic carboxylic acids is 2. The molecule has 0 aliphatic heterocycles. The number of hydrazine groups is 1. The molecule has 0 unspecified atom stereocenters. The van der Waals surface area contributed by atoms with Crippen molar-refractivity contribution in [2.24, 2.45) is 33.7 Å². The van der Waals surface area contributed by atoms with Gasteiger partial charge in [-0.3, -0.25) is 57.5 Å². The summed E-state index contributed by atoms with van der Waals surface area (Å²) in [7, 11) is 0. The fraction of sp³-hybridized carbons (Fsp3) is 0.471. The van der Waals surface area contributed by atoms with Crippen LogP contribution in [0.2, 0.25) is 0 Å². The van der Waals surface area contributed by atoms with E-state index < -0.39 is 175 Å². The van der Waals surface area contributed by atoms with E-state index in [9.17, 15) is 83.1 Å². The Morgan fingerprint density at radius 1 is 0.635 bits per heavy atom. The Labute approximate surface area is 600 Å². The van der Waals surface area contributed by atoms with Gasteiger partial charge in [-0.2, -0.15) is 5.10 Å². The molecule has 34 heteroatoms. The summed E-state index contributed by atoms with van der Waals surface area (Å²) >= 11 is 0. The summed E-state index contributed by atoms with van der Waals surface area (Å²) in [5, 5.41) is 75.9. The van der Waals surface area contributed by atoms with E-state index in [1.165, 1.54) is 18.2 Å². The first kappa shape index (κ1) is 85.7. The summed E-state index contributed by atoms with van der Waals surface area (Å²) in [5.41, 5.74) is 15.0. The van der Waals surface area contributed by atoms with Crippen LogP contribution in [-0.2, 0) is 83.2 Å². The second-order valence-electron chi connectivity index (χ2n) is 25.9. The van der Waals surface area contributed by atoms with Gasteiger partial charge in [0.2, 0.25) is 59.1 Å². The highest BCUT2D eigenvalue weighted by Gasteiger charge is 2.43. The lowest BCUT2D eigenvalue weighted by Gasteiger charge is -2.34. The SMILES string of the molecule is CCc1cc(OCCCCN)ccc1-c1ccc(C[C@H](NC(=O)[C@H](CC(=O)O)NC(=O)[C@H](CO)NC(=O)[C@@H](NC(=O)[C@](C)(Cc2ccccc2F)NC(=O)[C@@H](NC(=O)CNC(=O)[C@H](C/C(=N/N)NN)NC(=O)C(C)(C)C(=O)O)[C@@H](C)O)[C@@H](C)O)C(=O)N[C@@H](CCCc2cc(C)cc(C)c2)C(N)=O)cc1. The number of nitrogens with two attached hydrogens (primary N) is 4. The van der Waals surface area contributed by atoms with E-state index >= 15 is 4.39 Å². The van der Waals surface area contributed by atoms with Crippen molar-refractivity contribution in [2.45, 2.75) is 180 Å². The van der Waals surface area contributed by atoms with Gasteiger partial charge in [-0.05, 0) is 145 Å². The van der Waals surface area contributed by atoms with Crippen molar-refractivity contribution in [2.75, 3.05) is 26.3 Å². The van der Waals surface area contributed by atoms with Crippen LogP contribution in [0.5, 0.6) is 5.75 Å². The number of hydrogen-bond donors (Lipinski definition) is 19. The Balaban J connectivity index is 1.60. The number of hydrogen-bond acceptors (Lipinski definition) is 20. The van der Waals surface area contributed by atoms with Gasteiger partial charge in [0.15, 0.2) is 0 Å². The molecule has 0 bridgehead atoms. The Bertz CT molecular complexity index is 3710. The number of carbonyl (C=O) groups is 12. The second-order valence-corrected chi connectivity index (χ2v) is 25.9. The summed E-state index contributed by atoms with van der Waals surface area (Å²) in [6.45, 7) is 9.82. The number of unbranched alkanes of at least 4 members (excludes halogenated alkanes) is 1. The first-order valence-electron chi connectivity index (χ1n) is 33.5. The van der Waals surface area contributed by atoms with Crippen LogP contribution in [0.15, 0.2) is 90.0 Å². The number of hydrazone groups is 1. The number of nitrogens with zero attached hydrogens (tertiary/aromatic N) is 1. The van der Waals surface area contributed by atoms with Gasteiger partial charge in [0.05, 0.1) is 38.4 Å². The number of halogens is 1. The standard InChI is InChI=1S/C70H98FN15O18/c1-9-43-31-46(104-26-13-12-25-72)23-24-47(43)44-21-19-41(20-22-44)30-50(61(95)77-49(59(73)93)18-14-15-42-28-37(2)27-38(3)29-42)78-62(96)52(33-56(91)92)79-63(97)53(36-87)80-64(98)57(39(4)88)83-67(101)70(8,34-45-16-10-11-17-48(45)71)84-65(99)58(40(5)89)82-55(90)35-76-60(94)51(32-54(85-74)86-75)81-66(100)69(6,7)68(102)103/h10-11,16-17,19-24,27-29,31,39-40,49-53,57-58,87-89H,9,12-15,18,25-26,30,32-36,72,74-75H2,1-8H3,(H2,73,93)(H,76,94)(H,77,95)(H,78,96)(H,79,97)(H,80,98)(H,81,100)(H,82,90)(H,83,101)(H,84,99)(H,85,86)(H,91,92)(H,102,103)/t39-,40-,49+,50+,51+,52+,53+,57+,58+,70+/m1/s1. The molecular weight excluding hydrogens is 1360 g/mol. The highest BCUT2D eigenvalue weighted by atomic mass is 19.1. The summed E-state index contributed by atoms with van der Waals surface area (Å²) in [6, 6.07) is 10.8. The number of aryl methyl sites for hydroxylation is 4. The number of amidine groups is 1. The van der Waals surface area contributed by atoms with Crippen molar-refractivity contribution >= 4 is 76.8 Å². The molecule has 0 saturated carbocycles. The summed E-state index contributed by atoms with van der Waals surface area (Å²) in [6.07, 6.45) is -3.21. The molecule has 0 fully saturated rings. The molecule has 4 rings (SSSR count). The van der Waals surface area contributed by atoms with E-state index in [4.69, 9.17) is 27.9 Å². The van der Waals surface area contributed by atoms with Crippen LogP contribution in [0.4, 0.5) is 4.39 Å². The van der Waals surface area contributed by atoms with Gasteiger partial charge < -0.3 is 101 Å². The Kier molecular flexibility index (Phi) is 33.7. The molecule has 0 aromatic heterocycles. The summed E-state index contributed by atoms with van der Waals surface area (Å²) in [4.78, 5) is 163. The molecule has 0 aliphatic rings. The predicted octanol–water partition coefficient (Wildman–Crippen LogP) is -2.07. The Morgan fingerprint density at radius 2 is 1.22 bits per heavy atom. The van der Waals surface area contributed by atoms with Crippen LogP contribution < -0.4 is 81.2 Å². The van der Waals surface area contributed by atoms with Crippen molar-refractivity contribution in [1.29, 1.82) is 0 Å². The fourth-order valence-electron chi connectivity index (χ4n) is 10.8. The maximum Gasteiger partial charge on any atom is 0.318 e. The molecule has 0 spiro atoms. The zero-order chi connectivity index (χ0) is 77.8. The third kappa shape index (κ3) is 26.3. The normalized spacial score (nSPS) is 14.6. The van der Waals surface area contributed by atoms with E-state index in [0.717, 1.165) is 86.9 Å². The molecule has 23 N–H and O–H groups in total. The van der Waals surface area contributed by atoms with E-state index in [0.29, 0.717) is 43.7 Å². The Morgan fingerprint density at radius 3 is 1.79 bits per heavy atom. The first-order valence-corrected chi connectivity index (χ1v) is 33.5. The molecule has 4 aromatic carbocycles. The lowest BCUT2D eigenvalue weighted by Crippen LogP contribution is -2.67. The number of nitrogens with one attached hydrogen (secondary N) is 10. The third-order valence-corrected chi connectivity index (χ3v) is 16.8. The van der Waals surface area contributed by atoms with Gasteiger partial charge in [0.1, 0.15) is 70.6 Å². The predicted molar refractivity (Wildman–Crippen MR) is 378 cm³/mol. The van der Waals surface area contributed by atoms with Crippen LogP contribution in [0.25, 0.3) is 11.1 Å².